The molecule has 0 radical (unpaired) electrons. The van der Waals surface area contributed by atoms with E-state index in [0.29, 0.717) is 36.4 Å². The van der Waals surface area contributed by atoms with Crippen LogP contribution in [0.15, 0.2) is 48.5 Å². The standard InChI is InChI=1S/C17H10F9NO2/c18-15(19,20)11-3-1-2-9(8-11)13(28)27-12-6-4-10(5-7-12)14(29,16(21,22)23)17(24,25)26/h1-8,29H,(H,27,28). The van der Waals surface area contributed by atoms with Gasteiger partial charge in [0.25, 0.3) is 11.5 Å². The van der Waals surface area contributed by atoms with Gasteiger partial charge in [-0.05, 0) is 30.3 Å². The molecule has 0 aromatic heterocycles. The molecule has 29 heavy (non-hydrogen) atoms. The van der Waals surface area contributed by atoms with Crippen LogP contribution < -0.4 is 5.32 Å². The Hall–Kier alpha value is -2.76. The van der Waals surface area contributed by atoms with E-state index in [2.05, 4.69) is 0 Å². The van der Waals surface area contributed by atoms with E-state index in [0.717, 1.165) is 12.1 Å². The Morgan fingerprint density at radius 1 is 0.759 bits per heavy atom. The number of carbonyl (C=O) groups excluding carboxylic acids is 1. The maximum absolute atomic E-state index is 12.8. The van der Waals surface area contributed by atoms with Gasteiger partial charge in [0.15, 0.2) is 0 Å². The summed E-state index contributed by atoms with van der Waals surface area (Å²) in [4.78, 5) is 12.0. The van der Waals surface area contributed by atoms with Crippen LogP contribution in [0.5, 0.6) is 0 Å². The lowest BCUT2D eigenvalue weighted by Crippen LogP contribution is -2.53. The molecule has 0 heterocycles. The van der Waals surface area contributed by atoms with Crippen molar-refractivity contribution < 1.29 is 49.4 Å². The largest absolute Gasteiger partial charge is 0.430 e. The minimum atomic E-state index is -6.08. The molecule has 0 spiro atoms. The highest BCUT2D eigenvalue weighted by atomic mass is 19.4. The first-order chi connectivity index (χ1) is 13.1. The second kappa shape index (κ2) is 7.25. The van der Waals surface area contributed by atoms with E-state index < -0.39 is 46.7 Å². The van der Waals surface area contributed by atoms with E-state index in [9.17, 15) is 49.4 Å². The molecule has 0 aliphatic rings. The lowest BCUT2D eigenvalue weighted by molar-refractivity contribution is -0.376. The number of hydrogen-bond acceptors (Lipinski definition) is 2. The number of aliphatic hydroxyl groups is 1. The van der Waals surface area contributed by atoms with Gasteiger partial charge < -0.3 is 10.4 Å². The molecule has 12 heteroatoms. The molecule has 0 atom stereocenters. The topological polar surface area (TPSA) is 49.3 Å². The average molecular weight is 431 g/mol. The number of hydrogen-bond donors (Lipinski definition) is 2. The monoisotopic (exact) mass is 431 g/mol. The van der Waals surface area contributed by atoms with Gasteiger partial charge in [-0.15, -0.1) is 0 Å². The van der Waals surface area contributed by atoms with Crippen LogP contribution in [0.25, 0.3) is 0 Å². The normalized spacial score (nSPS) is 13.3. The molecule has 2 rings (SSSR count). The summed E-state index contributed by atoms with van der Waals surface area (Å²) in [6.07, 6.45) is -16.9. The van der Waals surface area contributed by atoms with Crippen molar-refractivity contribution in [2.45, 2.75) is 24.1 Å². The highest BCUT2D eigenvalue weighted by Gasteiger charge is 2.71. The van der Waals surface area contributed by atoms with Crippen LogP contribution in [0.4, 0.5) is 45.2 Å². The Balaban J connectivity index is 2.29. The lowest BCUT2D eigenvalue weighted by Gasteiger charge is -2.32. The highest BCUT2D eigenvalue weighted by molar-refractivity contribution is 6.04. The Morgan fingerprint density at radius 2 is 1.28 bits per heavy atom. The van der Waals surface area contributed by atoms with Crippen molar-refractivity contribution in [1.82, 2.24) is 0 Å². The summed E-state index contributed by atoms with van der Waals surface area (Å²) in [7, 11) is 0. The van der Waals surface area contributed by atoms with Crippen LogP contribution in [0, 0.1) is 0 Å². The smallest absolute Gasteiger partial charge is 0.369 e. The summed E-state index contributed by atoms with van der Waals surface area (Å²) < 4.78 is 115. The van der Waals surface area contributed by atoms with Crippen molar-refractivity contribution in [2.75, 3.05) is 5.32 Å². The van der Waals surface area contributed by atoms with Crippen molar-refractivity contribution in [3.63, 3.8) is 0 Å². The highest BCUT2D eigenvalue weighted by Crippen LogP contribution is 2.50. The third-order valence-corrected chi connectivity index (χ3v) is 3.83. The predicted molar refractivity (Wildman–Crippen MR) is 81.8 cm³/mol. The molecule has 2 aromatic carbocycles. The minimum absolute atomic E-state index is 0.294. The fourth-order valence-electron chi connectivity index (χ4n) is 2.32. The molecular weight excluding hydrogens is 421 g/mol. The van der Waals surface area contributed by atoms with Crippen molar-refractivity contribution in [3.8, 4) is 0 Å². The maximum Gasteiger partial charge on any atom is 0.430 e. The molecule has 0 saturated heterocycles. The molecule has 0 aliphatic heterocycles. The molecule has 1 amide bonds. The third-order valence-electron chi connectivity index (χ3n) is 3.83. The van der Waals surface area contributed by atoms with Crippen LogP contribution >= 0.6 is 0 Å². The number of amides is 1. The van der Waals surface area contributed by atoms with Crippen LogP contribution in [-0.4, -0.2) is 23.4 Å². The number of carbonyl (C=O) groups is 1. The van der Waals surface area contributed by atoms with Crippen LogP contribution in [-0.2, 0) is 11.8 Å². The van der Waals surface area contributed by atoms with Gasteiger partial charge >= 0.3 is 18.5 Å². The van der Waals surface area contributed by atoms with E-state index in [1.54, 1.807) is 0 Å². The van der Waals surface area contributed by atoms with Gasteiger partial charge in [0.05, 0.1) is 5.56 Å². The third kappa shape index (κ3) is 4.47. The molecule has 0 bridgehead atoms. The molecule has 0 unspecified atom stereocenters. The number of halogens is 9. The van der Waals surface area contributed by atoms with E-state index in [1.165, 1.54) is 0 Å². The molecule has 2 N–H and O–H groups in total. The molecule has 3 nitrogen and oxygen atoms in total. The van der Waals surface area contributed by atoms with Crippen LogP contribution in [0.1, 0.15) is 21.5 Å². The van der Waals surface area contributed by atoms with Crippen molar-refractivity contribution >= 4 is 11.6 Å². The van der Waals surface area contributed by atoms with Crippen molar-refractivity contribution in [3.05, 3.63) is 65.2 Å². The first-order valence-corrected chi connectivity index (χ1v) is 7.52. The first kappa shape index (κ1) is 22.5. The van der Waals surface area contributed by atoms with E-state index in [4.69, 9.17) is 0 Å². The molecule has 0 aliphatic carbocycles. The Morgan fingerprint density at radius 3 is 1.72 bits per heavy atom. The fourth-order valence-corrected chi connectivity index (χ4v) is 2.32. The minimum Gasteiger partial charge on any atom is -0.369 e. The second-order valence-corrected chi connectivity index (χ2v) is 5.82. The van der Waals surface area contributed by atoms with Gasteiger partial charge in [-0.1, -0.05) is 18.2 Å². The van der Waals surface area contributed by atoms with Crippen molar-refractivity contribution in [1.29, 1.82) is 0 Å². The first-order valence-electron chi connectivity index (χ1n) is 7.52. The van der Waals surface area contributed by atoms with Gasteiger partial charge in [-0.2, -0.15) is 39.5 Å². The summed E-state index contributed by atoms with van der Waals surface area (Å²) in [6, 6.07) is 5.09. The molecule has 0 saturated carbocycles. The number of alkyl halides is 9. The number of benzene rings is 2. The number of rotatable bonds is 3. The second-order valence-electron chi connectivity index (χ2n) is 5.82. The van der Waals surface area contributed by atoms with Gasteiger partial charge in [0, 0.05) is 16.8 Å². The Bertz CT molecular complexity index is 870. The molecule has 0 fully saturated rings. The molecule has 158 valence electrons. The summed E-state index contributed by atoms with van der Waals surface area (Å²) in [5.41, 5.74) is -8.55. The summed E-state index contributed by atoms with van der Waals surface area (Å²) in [5, 5.41) is 11.3. The zero-order valence-electron chi connectivity index (χ0n) is 13.9. The van der Waals surface area contributed by atoms with Gasteiger partial charge in [0.2, 0.25) is 0 Å². The predicted octanol–water partition coefficient (Wildman–Crippen LogP) is 5.27. The Labute approximate surface area is 156 Å². The SMILES string of the molecule is O=C(Nc1ccc(C(O)(C(F)(F)F)C(F)(F)F)cc1)c1cccc(C(F)(F)F)c1. The lowest BCUT2D eigenvalue weighted by atomic mass is 9.92. The van der Waals surface area contributed by atoms with Gasteiger partial charge in [-0.3, -0.25) is 4.79 Å². The van der Waals surface area contributed by atoms with Crippen molar-refractivity contribution in [2.24, 2.45) is 0 Å². The average Bonchev–Trinajstić information content (AvgIpc) is 2.59. The van der Waals surface area contributed by atoms with E-state index >= 15 is 0 Å². The summed E-state index contributed by atoms with van der Waals surface area (Å²) in [6.45, 7) is 0. The number of anilines is 1. The maximum atomic E-state index is 12.8. The zero-order chi connectivity index (χ0) is 22.3. The fraction of sp³-hybridized carbons (Fsp3) is 0.235. The van der Waals surface area contributed by atoms with E-state index in [-0.39, 0.29) is 5.69 Å². The van der Waals surface area contributed by atoms with Crippen LogP contribution in [0.3, 0.4) is 0 Å². The van der Waals surface area contributed by atoms with E-state index in [1.807, 2.05) is 5.32 Å². The quantitative estimate of drug-likeness (QED) is 0.651. The Kier molecular flexibility index (Phi) is 5.63. The number of nitrogens with one attached hydrogen (secondary N) is 1. The van der Waals surface area contributed by atoms with Gasteiger partial charge in [0.1, 0.15) is 0 Å². The summed E-state index contributed by atoms with van der Waals surface area (Å²) >= 11 is 0. The van der Waals surface area contributed by atoms with Crippen LogP contribution in [0.2, 0.25) is 0 Å². The zero-order valence-corrected chi connectivity index (χ0v) is 13.9. The molecule has 2 aromatic rings. The van der Waals surface area contributed by atoms with Gasteiger partial charge in [-0.25, -0.2) is 0 Å². The molecular formula is C17H10F9NO2. The summed E-state index contributed by atoms with van der Waals surface area (Å²) in [5.74, 6) is -1.08.